The first-order valence-corrected chi connectivity index (χ1v) is 17.7. The Morgan fingerprint density at radius 1 is 0.479 bits per heavy atom. The van der Waals surface area contributed by atoms with Gasteiger partial charge in [-0.1, -0.05) is 0 Å². The van der Waals surface area contributed by atoms with E-state index in [1.807, 2.05) is 0 Å². The van der Waals surface area contributed by atoms with E-state index in [1.165, 1.54) is 0 Å². The van der Waals surface area contributed by atoms with Gasteiger partial charge in [0.15, 0.2) is 0 Å². The molecule has 10 rings (SSSR count). The summed E-state index contributed by atoms with van der Waals surface area (Å²) in [6.07, 6.45) is 6.22. The molecule has 0 amide bonds. The van der Waals surface area contributed by atoms with Gasteiger partial charge in [-0.05, 0) is 56.3 Å². The number of fused-ring (bicyclic) bond motifs is 15. The van der Waals surface area contributed by atoms with Gasteiger partial charge < -0.3 is 28.4 Å². The maximum Gasteiger partial charge on any atom is 0.336 e. The van der Waals surface area contributed by atoms with Gasteiger partial charge in [-0.3, -0.25) is 14.4 Å². The highest BCUT2D eigenvalue weighted by Gasteiger charge is 2.66. The smallest absolute Gasteiger partial charge is 0.336 e. The molecule has 4 heterocycles. The predicted octanol–water partition coefficient (Wildman–Crippen LogP) is -0.928. The molecule has 1 aromatic heterocycles. The summed E-state index contributed by atoms with van der Waals surface area (Å²) in [4.78, 5) is 79.2. The van der Waals surface area contributed by atoms with Crippen LogP contribution in [0.15, 0.2) is 14.4 Å². The zero-order chi connectivity index (χ0) is 32.6. The number of carbonyl (C=O) groups excluding carboxylic acids is 3. The van der Waals surface area contributed by atoms with Crippen molar-refractivity contribution in [3.05, 3.63) is 31.5 Å². The lowest BCUT2D eigenvalue weighted by Crippen LogP contribution is -2.55. The molecule has 3 saturated heterocycles. The Bertz CT molecular complexity index is 1540. The number of carbonyl (C=O) groups is 3. The lowest BCUT2D eigenvalue weighted by Gasteiger charge is -2.19. The molecule has 15 atom stereocenters. The number of hydrogen-bond acceptors (Lipinski definition) is 12. The van der Waals surface area contributed by atoms with Crippen LogP contribution < -0.4 is 17.1 Å². The summed E-state index contributed by atoms with van der Waals surface area (Å²) in [6, 6.07) is 0. The van der Waals surface area contributed by atoms with Crippen molar-refractivity contribution in [1.82, 2.24) is 13.7 Å². The molecule has 0 aromatic carbocycles. The molecule has 6 bridgehead atoms. The first-order valence-electron chi connectivity index (χ1n) is 17.7. The van der Waals surface area contributed by atoms with Crippen LogP contribution in [0.3, 0.4) is 0 Å². The second-order valence-electron chi connectivity index (χ2n) is 15.5. The normalized spacial score (nSPS) is 43.9. The van der Waals surface area contributed by atoms with E-state index in [2.05, 4.69) is 0 Å². The maximum atomic E-state index is 13.5. The maximum absolute atomic E-state index is 13.5. The van der Waals surface area contributed by atoms with Crippen molar-refractivity contribution >= 4 is 17.9 Å². The van der Waals surface area contributed by atoms with E-state index >= 15 is 0 Å². The van der Waals surface area contributed by atoms with Crippen molar-refractivity contribution in [2.75, 3.05) is 19.8 Å². The Kier molecular flexibility index (Phi) is 6.54. The Labute approximate surface area is 273 Å². The summed E-state index contributed by atoms with van der Waals surface area (Å²) in [6.45, 7) is -1.51. The second kappa shape index (κ2) is 10.6. The van der Waals surface area contributed by atoms with Gasteiger partial charge in [-0.25, -0.2) is 28.1 Å². The standard InChI is InChI=1S/C33H39N3O12/c37-28(19-10-13-7-16(19)25-22(13)46-25)43-4-1-34-31(40)35(2-5-44-29(38)20-11-14-8-17(20)26-23(14)47-26)33(42)36(32(34)41)3-6-45-30(39)21-12-15-9-18(21)27-24(15)48-27/h13-27H,1-12H2. The first kappa shape index (κ1) is 29.6. The topological polar surface area (TPSA) is 182 Å². The number of esters is 3. The SMILES string of the molecule is O=C(OCCn1c(=O)n(CCOC(=O)C2CC3CC2C2OC32)c(=O)n(CCOC(=O)C2CC3CC2C2OC32)c1=O)C1CC2CC1C1OC21. The van der Waals surface area contributed by atoms with Gasteiger partial charge in [-0.2, -0.15) is 0 Å². The van der Waals surface area contributed by atoms with E-state index in [0.717, 1.165) is 33.0 Å². The molecule has 15 nitrogen and oxygen atoms in total. The molecule has 0 N–H and O–H groups in total. The second-order valence-corrected chi connectivity index (χ2v) is 15.5. The van der Waals surface area contributed by atoms with Crippen LogP contribution in [0.2, 0.25) is 0 Å². The fourth-order valence-corrected chi connectivity index (χ4v) is 10.9. The first-order chi connectivity index (χ1) is 23.3. The van der Waals surface area contributed by atoms with E-state index in [1.54, 1.807) is 0 Å². The molecular weight excluding hydrogens is 630 g/mol. The number of epoxide rings is 3. The number of ether oxygens (including phenoxy) is 6. The van der Waals surface area contributed by atoms with Crippen molar-refractivity contribution in [2.24, 2.45) is 53.3 Å². The van der Waals surface area contributed by atoms with Crippen LogP contribution in [0.5, 0.6) is 0 Å². The number of nitrogens with zero attached hydrogens (tertiary/aromatic N) is 3. The Morgan fingerprint density at radius 2 is 0.771 bits per heavy atom. The lowest BCUT2D eigenvalue weighted by molar-refractivity contribution is -0.151. The van der Waals surface area contributed by atoms with Crippen molar-refractivity contribution in [1.29, 1.82) is 0 Å². The Hall–Kier alpha value is -3.30. The van der Waals surface area contributed by atoms with Gasteiger partial charge in [0.2, 0.25) is 0 Å². The fraction of sp³-hybridized carbons (Fsp3) is 0.818. The molecule has 258 valence electrons. The minimum atomic E-state index is -0.894. The third-order valence-corrected chi connectivity index (χ3v) is 13.3. The Balaban J connectivity index is 0.820. The highest BCUT2D eigenvalue weighted by molar-refractivity contribution is 5.75. The summed E-state index contributed by atoms with van der Waals surface area (Å²) >= 11 is 0. The molecule has 3 aliphatic heterocycles. The molecule has 1 aromatic rings. The monoisotopic (exact) mass is 669 g/mol. The van der Waals surface area contributed by atoms with E-state index in [0.29, 0.717) is 37.0 Å². The van der Waals surface area contributed by atoms with E-state index < -0.39 is 17.1 Å². The zero-order valence-corrected chi connectivity index (χ0v) is 26.4. The average Bonchev–Trinajstić information content (AvgIpc) is 4.02. The molecule has 15 heteroatoms. The van der Waals surface area contributed by atoms with Crippen molar-refractivity contribution in [3.8, 4) is 0 Å². The van der Waals surface area contributed by atoms with Gasteiger partial charge >= 0.3 is 35.0 Å². The average molecular weight is 670 g/mol. The van der Waals surface area contributed by atoms with Crippen LogP contribution in [0.4, 0.5) is 0 Å². The summed E-state index contributed by atoms with van der Waals surface area (Å²) in [5.74, 6) is -0.308. The van der Waals surface area contributed by atoms with Crippen LogP contribution in [-0.4, -0.2) is 88.1 Å². The lowest BCUT2D eigenvalue weighted by atomic mass is 9.89. The van der Waals surface area contributed by atoms with Crippen LogP contribution in [0, 0.1) is 53.3 Å². The molecular formula is C33H39N3O12. The number of aromatic nitrogens is 3. The molecule has 9 aliphatic rings. The van der Waals surface area contributed by atoms with Crippen LogP contribution in [-0.2, 0) is 62.4 Å². The molecule has 0 spiro atoms. The van der Waals surface area contributed by atoms with E-state index in [9.17, 15) is 28.8 Å². The largest absolute Gasteiger partial charge is 0.464 e. The highest BCUT2D eigenvalue weighted by Crippen LogP contribution is 2.60. The molecule has 9 fully saturated rings. The highest BCUT2D eigenvalue weighted by atomic mass is 16.6. The minimum absolute atomic E-state index is 0.133. The van der Waals surface area contributed by atoms with Crippen molar-refractivity contribution < 1.29 is 42.8 Å². The molecule has 0 radical (unpaired) electrons. The Morgan fingerprint density at radius 3 is 1.02 bits per heavy atom. The van der Waals surface area contributed by atoms with Gasteiger partial charge in [0.05, 0.1) is 74.0 Å². The zero-order valence-electron chi connectivity index (χ0n) is 26.4. The van der Waals surface area contributed by atoms with Crippen molar-refractivity contribution in [2.45, 2.75) is 94.8 Å². The van der Waals surface area contributed by atoms with Crippen molar-refractivity contribution in [3.63, 3.8) is 0 Å². The fourth-order valence-electron chi connectivity index (χ4n) is 10.9. The molecule has 15 unspecified atom stereocenters. The van der Waals surface area contributed by atoms with Gasteiger partial charge in [0, 0.05) is 17.8 Å². The quantitative estimate of drug-likeness (QED) is 0.152. The summed E-state index contributed by atoms with van der Waals surface area (Å²) in [5, 5.41) is 0. The van der Waals surface area contributed by atoms with Gasteiger partial charge in [-0.15, -0.1) is 0 Å². The van der Waals surface area contributed by atoms with Crippen LogP contribution in [0.25, 0.3) is 0 Å². The number of rotatable bonds is 12. The summed E-state index contributed by atoms with van der Waals surface area (Å²) < 4.78 is 36.1. The van der Waals surface area contributed by atoms with E-state index in [4.69, 9.17) is 28.4 Å². The number of hydrogen-bond donors (Lipinski definition) is 0. The van der Waals surface area contributed by atoms with Crippen LogP contribution >= 0.6 is 0 Å². The predicted molar refractivity (Wildman–Crippen MR) is 157 cm³/mol. The summed E-state index contributed by atoms with van der Waals surface area (Å²) in [7, 11) is 0. The minimum Gasteiger partial charge on any atom is -0.464 e. The third kappa shape index (κ3) is 4.48. The van der Waals surface area contributed by atoms with Gasteiger partial charge in [0.25, 0.3) is 0 Å². The molecule has 6 aliphatic carbocycles. The molecule has 6 saturated carbocycles. The van der Waals surface area contributed by atoms with Gasteiger partial charge in [0.1, 0.15) is 19.8 Å². The van der Waals surface area contributed by atoms with Crippen LogP contribution in [0.1, 0.15) is 38.5 Å². The molecule has 48 heavy (non-hydrogen) atoms. The third-order valence-electron chi connectivity index (χ3n) is 13.3. The summed E-state index contributed by atoms with van der Waals surface area (Å²) in [5.41, 5.74) is -2.68. The van der Waals surface area contributed by atoms with E-state index in [-0.39, 0.29) is 129 Å².